The van der Waals surface area contributed by atoms with Crippen LogP contribution in [0.15, 0.2) is 10.3 Å². The quantitative estimate of drug-likeness (QED) is 0.388. The Bertz CT molecular complexity index is 35.3. The van der Waals surface area contributed by atoms with Gasteiger partial charge < -0.3 is 0 Å². The van der Waals surface area contributed by atoms with Gasteiger partial charge in [0, 0.05) is 7.05 Å². The van der Waals surface area contributed by atoms with Crippen molar-refractivity contribution in [2.75, 3.05) is 13.6 Å². The summed E-state index contributed by atoms with van der Waals surface area (Å²) in [5.74, 6) is 0. The van der Waals surface area contributed by atoms with Gasteiger partial charge in [-0.3, -0.25) is 5.43 Å². The molecular formula is C3H9N3. The van der Waals surface area contributed by atoms with Gasteiger partial charge >= 0.3 is 0 Å². The molecule has 3 nitrogen and oxygen atoms in total. The molecule has 0 fully saturated rings. The third-order valence-corrected chi connectivity index (χ3v) is 0.312. The molecule has 0 saturated carbocycles. The Morgan fingerprint density at radius 2 is 2.33 bits per heavy atom. The summed E-state index contributed by atoms with van der Waals surface area (Å²) in [5.41, 5.74) is 2.53. The van der Waals surface area contributed by atoms with Crippen LogP contribution < -0.4 is 5.43 Å². The van der Waals surface area contributed by atoms with Crippen LogP contribution in [0.5, 0.6) is 0 Å². The minimum Gasteiger partial charge on any atom is -0.295 e. The molecule has 6 heavy (non-hydrogen) atoms. The molecule has 1 N–H and O–H groups in total. The van der Waals surface area contributed by atoms with Gasteiger partial charge in [0.15, 0.2) is 0 Å². The Labute approximate surface area is 37.4 Å². The molecule has 0 aliphatic rings. The van der Waals surface area contributed by atoms with Gasteiger partial charge in [-0.1, -0.05) is 5.22 Å². The van der Waals surface area contributed by atoms with Gasteiger partial charge in [-0.2, -0.15) is 5.11 Å². The third kappa shape index (κ3) is 3.40. The first kappa shape index (κ1) is 5.40. The van der Waals surface area contributed by atoms with E-state index >= 15 is 0 Å². The lowest BCUT2D eigenvalue weighted by molar-refractivity contribution is 0.776. The van der Waals surface area contributed by atoms with Crippen molar-refractivity contribution in [3.8, 4) is 0 Å². The van der Waals surface area contributed by atoms with Crippen LogP contribution in [0, 0.1) is 0 Å². The van der Waals surface area contributed by atoms with Crippen molar-refractivity contribution >= 4 is 0 Å². The fourth-order valence-electron chi connectivity index (χ4n) is 0.141. The van der Waals surface area contributed by atoms with E-state index in [9.17, 15) is 0 Å². The van der Waals surface area contributed by atoms with E-state index in [-0.39, 0.29) is 0 Å². The molecule has 0 aliphatic carbocycles. The van der Waals surface area contributed by atoms with Crippen LogP contribution in [0.3, 0.4) is 0 Å². The second-order valence-electron chi connectivity index (χ2n) is 0.781. The van der Waals surface area contributed by atoms with E-state index in [1.807, 2.05) is 6.92 Å². The minimum atomic E-state index is 0.751. The summed E-state index contributed by atoms with van der Waals surface area (Å²) in [7, 11) is 1.72. The molecule has 0 aromatic heterocycles. The zero-order chi connectivity index (χ0) is 4.83. The van der Waals surface area contributed by atoms with Crippen molar-refractivity contribution < 1.29 is 0 Å². The Kier molecular flexibility index (Phi) is 3.96. The predicted octanol–water partition coefficient (Wildman–Crippen LogP) is 0.593. The van der Waals surface area contributed by atoms with Crippen molar-refractivity contribution in [1.82, 2.24) is 5.43 Å². The summed E-state index contributed by atoms with van der Waals surface area (Å²) in [5, 5.41) is 7.07. The maximum atomic E-state index is 3.60. The number of hydrogen-bond donors (Lipinski definition) is 1. The van der Waals surface area contributed by atoms with Crippen LogP contribution in [0.2, 0.25) is 0 Å². The normalized spacial score (nSPS) is 9.67. The maximum Gasteiger partial charge on any atom is 0.0592 e. The van der Waals surface area contributed by atoms with Gasteiger partial charge in [-0.15, -0.1) is 0 Å². The standard InChI is InChI=1S/C3H9N3/c1-3-5-6-4-2/h3H2,1-2H3,(H,4,5). The first-order valence-corrected chi connectivity index (χ1v) is 1.95. The number of nitrogens with one attached hydrogen (secondary N) is 1. The van der Waals surface area contributed by atoms with Crippen LogP contribution in [0.1, 0.15) is 6.92 Å². The van der Waals surface area contributed by atoms with Gasteiger partial charge in [0.2, 0.25) is 0 Å². The molecule has 0 radical (unpaired) electrons. The molecule has 0 unspecified atom stereocenters. The van der Waals surface area contributed by atoms with Gasteiger partial charge in [0.1, 0.15) is 0 Å². The molecule has 0 amide bonds. The molecule has 36 valence electrons. The van der Waals surface area contributed by atoms with Crippen LogP contribution in [0.25, 0.3) is 0 Å². The molecule has 0 aromatic carbocycles. The largest absolute Gasteiger partial charge is 0.295 e. The summed E-state index contributed by atoms with van der Waals surface area (Å²) >= 11 is 0. The molecule has 0 heterocycles. The predicted molar refractivity (Wildman–Crippen MR) is 24.5 cm³/mol. The minimum absolute atomic E-state index is 0.751. The average molecular weight is 87.1 g/mol. The molecule has 0 saturated heterocycles. The lowest BCUT2D eigenvalue weighted by Gasteiger charge is -1.78. The third-order valence-electron chi connectivity index (χ3n) is 0.312. The zero-order valence-electron chi connectivity index (χ0n) is 4.10. The Morgan fingerprint density at radius 1 is 1.67 bits per heavy atom. The van der Waals surface area contributed by atoms with Crippen molar-refractivity contribution in [1.29, 1.82) is 0 Å². The zero-order valence-corrected chi connectivity index (χ0v) is 4.10. The first-order chi connectivity index (χ1) is 2.91. The Hall–Kier alpha value is -0.600. The summed E-state index contributed by atoms with van der Waals surface area (Å²) in [6.07, 6.45) is 0. The first-order valence-electron chi connectivity index (χ1n) is 1.95. The van der Waals surface area contributed by atoms with Gasteiger partial charge in [0.05, 0.1) is 6.54 Å². The van der Waals surface area contributed by atoms with Gasteiger partial charge in [-0.25, -0.2) is 0 Å². The van der Waals surface area contributed by atoms with E-state index in [1.165, 1.54) is 0 Å². The van der Waals surface area contributed by atoms with Gasteiger partial charge in [0.25, 0.3) is 0 Å². The highest BCUT2D eigenvalue weighted by Gasteiger charge is 1.57. The molecule has 0 bridgehead atoms. The average Bonchev–Trinajstić information content (AvgIpc) is 1.61. The SMILES string of the molecule is CC/N=N\NC. The van der Waals surface area contributed by atoms with E-state index in [4.69, 9.17) is 0 Å². The van der Waals surface area contributed by atoms with E-state index in [1.54, 1.807) is 7.05 Å². The lowest BCUT2D eigenvalue weighted by Crippen LogP contribution is -1.90. The van der Waals surface area contributed by atoms with Crippen molar-refractivity contribution in [2.45, 2.75) is 6.92 Å². The molecule has 3 heteroatoms. The highest BCUT2D eigenvalue weighted by molar-refractivity contribution is 4.17. The van der Waals surface area contributed by atoms with Gasteiger partial charge in [-0.05, 0) is 6.92 Å². The topological polar surface area (TPSA) is 36.8 Å². The fraction of sp³-hybridized carbons (Fsp3) is 1.00. The number of hydrogen-bond acceptors (Lipinski definition) is 2. The number of nitrogens with zero attached hydrogens (tertiary/aromatic N) is 2. The fourth-order valence-corrected chi connectivity index (χ4v) is 0.141. The summed E-state index contributed by atoms with van der Waals surface area (Å²) in [6.45, 7) is 2.68. The van der Waals surface area contributed by atoms with E-state index in [0.717, 1.165) is 6.54 Å². The lowest BCUT2D eigenvalue weighted by atomic mass is 10.8. The molecule has 0 aromatic rings. The van der Waals surface area contributed by atoms with Crippen molar-refractivity contribution in [3.05, 3.63) is 0 Å². The second-order valence-corrected chi connectivity index (χ2v) is 0.781. The monoisotopic (exact) mass is 87.1 g/mol. The summed E-state index contributed by atoms with van der Waals surface area (Å²) in [4.78, 5) is 0. The maximum absolute atomic E-state index is 3.60. The molecular weight excluding hydrogens is 78.1 g/mol. The summed E-state index contributed by atoms with van der Waals surface area (Å²) in [6, 6.07) is 0. The van der Waals surface area contributed by atoms with Crippen LogP contribution >= 0.6 is 0 Å². The second kappa shape index (κ2) is 4.40. The molecule has 0 atom stereocenters. The molecule has 0 spiro atoms. The summed E-state index contributed by atoms with van der Waals surface area (Å²) < 4.78 is 0. The van der Waals surface area contributed by atoms with E-state index in [2.05, 4.69) is 15.8 Å². The van der Waals surface area contributed by atoms with E-state index in [0.29, 0.717) is 0 Å². The van der Waals surface area contributed by atoms with Crippen LogP contribution in [0.4, 0.5) is 0 Å². The molecule has 0 rings (SSSR count). The van der Waals surface area contributed by atoms with E-state index < -0.39 is 0 Å². The Morgan fingerprint density at radius 3 is 2.50 bits per heavy atom. The smallest absolute Gasteiger partial charge is 0.0592 e. The van der Waals surface area contributed by atoms with Crippen molar-refractivity contribution in [2.24, 2.45) is 10.3 Å². The van der Waals surface area contributed by atoms with Crippen LogP contribution in [-0.4, -0.2) is 13.6 Å². The highest BCUT2D eigenvalue weighted by Crippen LogP contribution is 1.62. The van der Waals surface area contributed by atoms with Crippen molar-refractivity contribution in [3.63, 3.8) is 0 Å². The number of rotatable bonds is 2. The highest BCUT2D eigenvalue weighted by atomic mass is 15.4. The van der Waals surface area contributed by atoms with Crippen LogP contribution in [-0.2, 0) is 0 Å². The Balaban J connectivity index is 2.73. The molecule has 0 aliphatic heterocycles.